The maximum Gasteiger partial charge on any atom is 0.0969 e. The van der Waals surface area contributed by atoms with Crippen molar-refractivity contribution in [3.8, 4) is 0 Å². The van der Waals surface area contributed by atoms with E-state index in [9.17, 15) is 0 Å². The molecule has 2 N–H and O–H groups in total. The number of nitrogens with zero attached hydrogens (tertiary/aromatic N) is 1. The Bertz CT molecular complexity index is 498. The third kappa shape index (κ3) is 1.80. The Hall–Kier alpha value is -1.09. The molecule has 0 spiro atoms. The number of hydrogen-bond donors (Lipinski definition) is 1. The first-order chi connectivity index (χ1) is 7.83. The summed E-state index contributed by atoms with van der Waals surface area (Å²) in [7, 11) is 0. The normalized spacial score (nSPS) is 18.0. The second-order valence-electron chi connectivity index (χ2n) is 4.61. The number of nitrogens with two attached hydrogens (primary N) is 1. The first-order valence-corrected chi connectivity index (χ1v) is 6.80. The molecule has 0 saturated heterocycles. The van der Waals surface area contributed by atoms with Gasteiger partial charge in [-0.25, -0.2) is 4.98 Å². The molecule has 0 bridgehead atoms. The lowest BCUT2D eigenvalue weighted by Crippen LogP contribution is -2.03. The molecule has 2 aromatic rings. The highest BCUT2D eigenvalue weighted by atomic mass is 32.1. The second kappa shape index (κ2) is 4.06. The Morgan fingerprint density at radius 3 is 2.81 bits per heavy atom. The van der Waals surface area contributed by atoms with Crippen LogP contribution in [0.25, 0.3) is 10.2 Å². The summed E-state index contributed by atoms with van der Waals surface area (Å²) in [6.45, 7) is 0. The standard InChI is InChI=1S/C13H16N2S/c14-10-6-7-11-12(8-10)16-13(15-11)9-4-2-1-3-5-9/h6-9H,1-5,14H2. The van der Waals surface area contributed by atoms with Crippen molar-refractivity contribution < 1.29 is 0 Å². The predicted octanol–water partition coefficient (Wildman–Crippen LogP) is 3.93. The van der Waals surface area contributed by atoms with E-state index in [0.717, 1.165) is 11.2 Å². The molecule has 1 aliphatic carbocycles. The maximum atomic E-state index is 5.79. The van der Waals surface area contributed by atoms with Gasteiger partial charge in [-0.05, 0) is 31.0 Å². The van der Waals surface area contributed by atoms with Crippen LogP contribution in [0.2, 0.25) is 0 Å². The highest BCUT2D eigenvalue weighted by Gasteiger charge is 2.18. The maximum absolute atomic E-state index is 5.79. The van der Waals surface area contributed by atoms with Crippen LogP contribution in [0.1, 0.15) is 43.0 Å². The van der Waals surface area contributed by atoms with E-state index in [1.807, 2.05) is 29.5 Å². The summed E-state index contributed by atoms with van der Waals surface area (Å²) in [5.41, 5.74) is 7.74. The minimum absolute atomic E-state index is 0.701. The van der Waals surface area contributed by atoms with E-state index in [-0.39, 0.29) is 0 Å². The fraction of sp³-hybridized carbons (Fsp3) is 0.462. The topological polar surface area (TPSA) is 38.9 Å². The molecule has 1 fully saturated rings. The SMILES string of the molecule is Nc1ccc2nc(C3CCCCC3)sc2c1. The van der Waals surface area contributed by atoms with E-state index in [0.29, 0.717) is 5.92 Å². The summed E-state index contributed by atoms with van der Waals surface area (Å²) in [6.07, 6.45) is 6.75. The van der Waals surface area contributed by atoms with E-state index >= 15 is 0 Å². The highest BCUT2D eigenvalue weighted by molar-refractivity contribution is 7.18. The van der Waals surface area contributed by atoms with Crippen molar-refractivity contribution in [3.63, 3.8) is 0 Å². The fourth-order valence-corrected chi connectivity index (χ4v) is 3.67. The number of hydrogen-bond acceptors (Lipinski definition) is 3. The van der Waals surface area contributed by atoms with Crippen molar-refractivity contribution in [2.75, 3.05) is 5.73 Å². The Morgan fingerprint density at radius 1 is 1.19 bits per heavy atom. The Balaban J connectivity index is 1.97. The minimum atomic E-state index is 0.701. The summed E-state index contributed by atoms with van der Waals surface area (Å²) in [5, 5.41) is 1.32. The Labute approximate surface area is 99.5 Å². The predicted molar refractivity (Wildman–Crippen MR) is 69.9 cm³/mol. The van der Waals surface area contributed by atoms with E-state index in [1.165, 1.54) is 41.8 Å². The molecule has 0 unspecified atom stereocenters. The van der Waals surface area contributed by atoms with Crippen molar-refractivity contribution >= 4 is 27.2 Å². The largest absolute Gasteiger partial charge is 0.399 e. The van der Waals surface area contributed by atoms with Crippen LogP contribution < -0.4 is 5.73 Å². The second-order valence-corrected chi connectivity index (χ2v) is 5.68. The van der Waals surface area contributed by atoms with Crippen molar-refractivity contribution in [1.82, 2.24) is 4.98 Å². The molecule has 1 aliphatic rings. The molecule has 2 nitrogen and oxygen atoms in total. The Kier molecular flexibility index (Phi) is 2.56. The van der Waals surface area contributed by atoms with Crippen molar-refractivity contribution in [2.24, 2.45) is 0 Å². The smallest absolute Gasteiger partial charge is 0.0969 e. The van der Waals surface area contributed by atoms with Crippen LogP contribution in [0.5, 0.6) is 0 Å². The summed E-state index contributed by atoms with van der Waals surface area (Å²) >= 11 is 1.83. The lowest BCUT2D eigenvalue weighted by atomic mass is 9.90. The van der Waals surface area contributed by atoms with Gasteiger partial charge in [0.05, 0.1) is 15.2 Å². The average molecular weight is 232 g/mol. The molecular weight excluding hydrogens is 216 g/mol. The molecule has 16 heavy (non-hydrogen) atoms. The summed E-state index contributed by atoms with van der Waals surface area (Å²) in [6, 6.07) is 6.01. The zero-order chi connectivity index (χ0) is 11.0. The lowest BCUT2D eigenvalue weighted by molar-refractivity contribution is 0.443. The third-order valence-electron chi connectivity index (χ3n) is 3.38. The molecular formula is C13H16N2S. The molecule has 0 amide bonds. The van der Waals surface area contributed by atoms with E-state index in [2.05, 4.69) is 0 Å². The van der Waals surface area contributed by atoms with Crippen molar-refractivity contribution in [1.29, 1.82) is 0 Å². The average Bonchev–Trinajstić information content (AvgIpc) is 2.73. The van der Waals surface area contributed by atoms with Gasteiger partial charge in [-0.3, -0.25) is 0 Å². The van der Waals surface area contributed by atoms with Crippen molar-refractivity contribution in [2.45, 2.75) is 38.0 Å². The molecule has 0 radical (unpaired) electrons. The molecule has 3 rings (SSSR count). The van der Waals surface area contributed by atoms with Gasteiger partial charge in [-0.2, -0.15) is 0 Å². The van der Waals surface area contributed by atoms with E-state index < -0.39 is 0 Å². The number of anilines is 1. The first kappa shape index (κ1) is 10.1. The molecule has 3 heteroatoms. The number of fused-ring (bicyclic) bond motifs is 1. The van der Waals surface area contributed by atoms with Crippen LogP contribution in [-0.4, -0.2) is 4.98 Å². The zero-order valence-electron chi connectivity index (χ0n) is 9.28. The van der Waals surface area contributed by atoms with Crippen LogP contribution in [0.15, 0.2) is 18.2 Å². The van der Waals surface area contributed by atoms with Gasteiger partial charge in [-0.1, -0.05) is 19.3 Å². The van der Waals surface area contributed by atoms with Gasteiger partial charge in [-0.15, -0.1) is 11.3 Å². The quantitative estimate of drug-likeness (QED) is 0.757. The van der Waals surface area contributed by atoms with Gasteiger partial charge in [0, 0.05) is 11.6 Å². The molecule has 0 atom stereocenters. The summed E-state index contributed by atoms with van der Waals surface area (Å²) in [5.74, 6) is 0.701. The molecule has 84 valence electrons. The van der Waals surface area contributed by atoms with Gasteiger partial charge in [0.15, 0.2) is 0 Å². The molecule has 1 aromatic heterocycles. The number of aromatic nitrogens is 1. The van der Waals surface area contributed by atoms with Crippen LogP contribution in [0.3, 0.4) is 0 Å². The minimum Gasteiger partial charge on any atom is -0.399 e. The Morgan fingerprint density at radius 2 is 2.00 bits per heavy atom. The van der Waals surface area contributed by atoms with Gasteiger partial charge >= 0.3 is 0 Å². The third-order valence-corrected chi connectivity index (χ3v) is 4.56. The van der Waals surface area contributed by atoms with Crippen LogP contribution >= 0.6 is 11.3 Å². The van der Waals surface area contributed by atoms with Gasteiger partial charge in [0.1, 0.15) is 0 Å². The summed E-state index contributed by atoms with van der Waals surface area (Å²) in [4.78, 5) is 4.74. The number of thiazole rings is 1. The highest BCUT2D eigenvalue weighted by Crippen LogP contribution is 2.37. The molecule has 0 aliphatic heterocycles. The number of nitrogen functional groups attached to an aromatic ring is 1. The molecule has 1 heterocycles. The van der Waals surface area contributed by atoms with E-state index in [4.69, 9.17) is 10.7 Å². The van der Waals surface area contributed by atoms with Crippen LogP contribution in [0.4, 0.5) is 5.69 Å². The monoisotopic (exact) mass is 232 g/mol. The fourth-order valence-electron chi connectivity index (χ4n) is 2.48. The van der Waals surface area contributed by atoms with Gasteiger partial charge in [0.25, 0.3) is 0 Å². The number of benzene rings is 1. The zero-order valence-corrected chi connectivity index (χ0v) is 10.1. The molecule has 1 aromatic carbocycles. The molecule has 1 saturated carbocycles. The lowest BCUT2D eigenvalue weighted by Gasteiger charge is -2.18. The van der Waals surface area contributed by atoms with Gasteiger partial charge in [0.2, 0.25) is 0 Å². The van der Waals surface area contributed by atoms with Crippen LogP contribution in [0, 0.1) is 0 Å². The number of rotatable bonds is 1. The summed E-state index contributed by atoms with van der Waals surface area (Å²) < 4.78 is 1.24. The van der Waals surface area contributed by atoms with Crippen LogP contribution in [-0.2, 0) is 0 Å². The van der Waals surface area contributed by atoms with E-state index in [1.54, 1.807) is 0 Å². The first-order valence-electron chi connectivity index (χ1n) is 5.99. The van der Waals surface area contributed by atoms with Gasteiger partial charge < -0.3 is 5.73 Å². The van der Waals surface area contributed by atoms with Crippen molar-refractivity contribution in [3.05, 3.63) is 23.2 Å².